The predicted octanol–water partition coefficient (Wildman–Crippen LogP) is 1.16. The molecule has 1 aliphatic heterocycles. The molecule has 0 saturated carbocycles. The molecule has 3 heterocycles. The maximum Gasteiger partial charge on any atom is 0.356 e. The Bertz CT molecular complexity index is 650. The lowest BCUT2D eigenvalue weighted by atomic mass is 10.1. The molecule has 0 aliphatic carbocycles. The Morgan fingerprint density at radius 3 is 2.89 bits per heavy atom. The van der Waals surface area contributed by atoms with E-state index in [1.165, 1.54) is 0 Å². The lowest BCUT2D eigenvalue weighted by molar-refractivity contribution is 0.0693. The number of carboxylic acids is 1. The Morgan fingerprint density at radius 1 is 1.47 bits per heavy atom. The van der Waals surface area contributed by atoms with Gasteiger partial charge in [-0.1, -0.05) is 6.07 Å². The van der Waals surface area contributed by atoms with Gasteiger partial charge in [0.1, 0.15) is 5.82 Å². The van der Waals surface area contributed by atoms with Crippen LogP contribution in [0.3, 0.4) is 0 Å². The standard InChI is InChI=1S/C13H15N3O3/c1-15-6-5-8(7-15)12-14-11(13(18)19)9-3-2-4-10(17)16(9)12/h2-4,8,17H,5-7H2,1H3,(H,18,19). The summed E-state index contributed by atoms with van der Waals surface area (Å²) in [5.41, 5.74) is 0.442. The molecule has 1 saturated heterocycles. The van der Waals surface area contributed by atoms with Gasteiger partial charge in [-0.25, -0.2) is 9.78 Å². The molecule has 0 radical (unpaired) electrons. The summed E-state index contributed by atoms with van der Waals surface area (Å²) >= 11 is 0. The number of hydrogen-bond donors (Lipinski definition) is 2. The highest BCUT2D eigenvalue weighted by atomic mass is 16.4. The normalized spacial score (nSPS) is 20.2. The summed E-state index contributed by atoms with van der Waals surface area (Å²) in [6.45, 7) is 1.78. The molecule has 1 unspecified atom stereocenters. The minimum Gasteiger partial charge on any atom is -0.494 e. The van der Waals surface area contributed by atoms with E-state index in [2.05, 4.69) is 9.88 Å². The van der Waals surface area contributed by atoms with Crippen molar-refractivity contribution in [2.75, 3.05) is 20.1 Å². The first-order valence-corrected chi connectivity index (χ1v) is 6.20. The Hall–Kier alpha value is -2.08. The number of pyridine rings is 1. The molecule has 6 nitrogen and oxygen atoms in total. The third kappa shape index (κ3) is 1.84. The fraction of sp³-hybridized carbons (Fsp3) is 0.385. The predicted molar refractivity (Wildman–Crippen MR) is 68.7 cm³/mol. The number of aromatic nitrogens is 2. The number of likely N-dealkylation sites (tertiary alicyclic amines) is 1. The van der Waals surface area contributed by atoms with Gasteiger partial charge in [0.15, 0.2) is 11.6 Å². The molecule has 3 rings (SSSR count). The quantitative estimate of drug-likeness (QED) is 0.848. The molecule has 0 amide bonds. The van der Waals surface area contributed by atoms with Gasteiger partial charge in [0.2, 0.25) is 0 Å². The number of nitrogens with zero attached hydrogens (tertiary/aromatic N) is 3. The van der Waals surface area contributed by atoms with E-state index in [-0.39, 0.29) is 17.5 Å². The molecular weight excluding hydrogens is 246 g/mol. The number of imidazole rings is 1. The highest BCUT2D eigenvalue weighted by Gasteiger charge is 2.28. The van der Waals surface area contributed by atoms with Crippen LogP contribution in [0.25, 0.3) is 5.52 Å². The van der Waals surface area contributed by atoms with Crippen molar-refractivity contribution >= 4 is 11.5 Å². The number of aromatic hydroxyl groups is 1. The van der Waals surface area contributed by atoms with Crippen molar-refractivity contribution in [2.45, 2.75) is 12.3 Å². The fourth-order valence-electron chi connectivity index (χ4n) is 2.72. The third-order valence-electron chi connectivity index (χ3n) is 3.63. The fourth-order valence-corrected chi connectivity index (χ4v) is 2.72. The summed E-state index contributed by atoms with van der Waals surface area (Å²) in [5, 5.41) is 19.2. The third-order valence-corrected chi connectivity index (χ3v) is 3.63. The topological polar surface area (TPSA) is 78.1 Å². The Balaban J connectivity index is 2.21. The molecule has 1 aliphatic rings. The summed E-state index contributed by atoms with van der Waals surface area (Å²) in [6, 6.07) is 4.84. The number of hydrogen-bond acceptors (Lipinski definition) is 4. The lowest BCUT2D eigenvalue weighted by Crippen LogP contribution is -2.14. The van der Waals surface area contributed by atoms with Gasteiger partial charge < -0.3 is 15.1 Å². The molecule has 2 aromatic rings. The number of likely N-dealkylation sites (N-methyl/N-ethyl adjacent to an activating group) is 1. The van der Waals surface area contributed by atoms with Crippen LogP contribution in [-0.2, 0) is 0 Å². The first kappa shape index (κ1) is 12.0. The zero-order chi connectivity index (χ0) is 13.6. The molecule has 2 N–H and O–H groups in total. The summed E-state index contributed by atoms with van der Waals surface area (Å²) in [5.74, 6) is -0.253. The largest absolute Gasteiger partial charge is 0.494 e. The van der Waals surface area contributed by atoms with E-state index >= 15 is 0 Å². The zero-order valence-corrected chi connectivity index (χ0v) is 10.6. The Labute approximate surface area is 109 Å². The van der Waals surface area contributed by atoms with Gasteiger partial charge in [0.05, 0.1) is 5.52 Å². The van der Waals surface area contributed by atoms with Crippen molar-refractivity contribution in [3.05, 3.63) is 29.7 Å². The first-order chi connectivity index (χ1) is 9.08. The van der Waals surface area contributed by atoms with Crippen LogP contribution < -0.4 is 0 Å². The number of aromatic carboxylic acids is 1. The lowest BCUT2D eigenvalue weighted by Gasteiger charge is -2.10. The van der Waals surface area contributed by atoms with Gasteiger partial charge in [-0.3, -0.25) is 4.40 Å². The molecule has 1 atom stereocenters. The van der Waals surface area contributed by atoms with Crippen LogP contribution in [0.1, 0.15) is 28.7 Å². The van der Waals surface area contributed by atoms with E-state index in [9.17, 15) is 15.0 Å². The van der Waals surface area contributed by atoms with Crippen LogP contribution in [0.15, 0.2) is 18.2 Å². The van der Waals surface area contributed by atoms with Crippen LogP contribution in [0.5, 0.6) is 5.88 Å². The van der Waals surface area contributed by atoms with Crippen molar-refractivity contribution in [3.8, 4) is 5.88 Å². The van der Waals surface area contributed by atoms with Gasteiger partial charge in [0.25, 0.3) is 0 Å². The summed E-state index contributed by atoms with van der Waals surface area (Å²) in [7, 11) is 2.02. The Kier molecular flexibility index (Phi) is 2.67. The van der Waals surface area contributed by atoms with Gasteiger partial charge in [0, 0.05) is 12.5 Å². The SMILES string of the molecule is CN1CCC(c2nc(C(=O)O)c3cccc(O)n23)C1. The smallest absolute Gasteiger partial charge is 0.356 e. The summed E-state index contributed by atoms with van der Waals surface area (Å²) < 4.78 is 1.55. The number of fused-ring (bicyclic) bond motifs is 1. The van der Waals surface area contributed by atoms with Gasteiger partial charge in [-0.15, -0.1) is 0 Å². The van der Waals surface area contributed by atoms with Crippen molar-refractivity contribution in [3.63, 3.8) is 0 Å². The Morgan fingerprint density at radius 2 is 2.26 bits per heavy atom. The summed E-state index contributed by atoms with van der Waals surface area (Å²) in [6.07, 6.45) is 0.920. The van der Waals surface area contributed by atoms with E-state index in [1.807, 2.05) is 7.05 Å². The molecule has 0 bridgehead atoms. The van der Waals surface area contributed by atoms with Crippen LogP contribution in [0, 0.1) is 0 Å². The van der Waals surface area contributed by atoms with Gasteiger partial charge >= 0.3 is 5.97 Å². The molecule has 0 spiro atoms. The first-order valence-electron chi connectivity index (χ1n) is 6.20. The van der Waals surface area contributed by atoms with Crippen LogP contribution in [-0.4, -0.2) is 50.6 Å². The molecule has 2 aromatic heterocycles. The highest BCUT2D eigenvalue weighted by molar-refractivity contribution is 5.93. The maximum absolute atomic E-state index is 11.3. The van der Waals surface area contributed by atoms with E-state index in [0.717, 1.165) is 19.5 Å². The van der Waals surface area contributed by atoms with Crippen LogP contribution in [0.2, 0.25) is 0 Å². The number of rotatable bonds is 2. The maximum atomic E-state index is 11.3. The average molecular weight is 261 g/mol. The molecular formula is C13H15N3O3. The second kappa shape index (κ2) is 4.24. The molecule has 1 fully saturated rings. The van der Waals surface area contributed by atoms with E-state index in [0.29, 0.717) is 11.3 Å². The number of carbonyl (C=O) groups is 1. The van der Waals surface area contributed by atoms with Gasteiger partial charge in [-0.05, 0) is 32.1 Å². The molecule has 0 aromatic carbocycles. The second-order valence-corrected chi connectivity index (χ2v) is 4.98. The molecule has 100 valence electrons. The van der Waals surface area contributed by atoms with Gasteiger partial charge in [-0.2, -0.15) is 0 Å². The van der Waals surface area contributed by atoms with Crippen molar-refractivity contribution in [2.24, 2.45) is 0 Å². The second-order valence-electron chi connectivity index (χ2n) is 4.98. The highest BCUT2D eigenvalue weighted by Crippen LogP contribution is 2.30. The van der Waals surface area contributed by atoms with E-state index < -0.39 is 5.97 Å². The number of carboxylic acid groups (broad SMARTS) is 1. The minimum atomic E-state index is -1.07. The summed E-state index contributed by atoms with van der Waals surface area (Å²) in [4.78, 5) is 17.7. The monoisotopic (exact) mass is 261 g/mol. The average Bonchev–Trinajstić information content (AvgIpc) is 2.93. The van der Waals surface area contributed by atoms with Crippen molar-refractivity contribution in [1.82, 2.24) is 14.3 Å². The van der Waals surface area contributed by atoms with Crippen LogP contribution >= 0.6 is 0 Å². The van der Waals surface area contributed by atoms with E-state index in [4.69, 9.17) is 0 Å². The molecule has 6 heteroatoms. The van der Waals surface area contributed by atoms with Crippen molar-refractivity contribution in [1.29, 1.82) is 0 Å². The zero-order valence-electron chi connectivity index (χ0n) is 10.6. The van der Waals surface area contributed by atoms with Crippen molar-refractivity contribution < 1.29 is 15.0 Å². The van der Waals surface area contributed by atoms with E-state index in [1.54, 1.807) is 22.6 Å². The minimum absolute atomic E-state index is 0.000420. The van der Waals surface area contributed by atoms with Crippen LogP contribution in [0.4, 0.5) is 0 Å². The molecule has 19 heavy (non-hydrogen) atoms.